The number of amides is 2. The number of anilines is 1. The zero-order chi connectivity index (χ0) is 18.8. The number of carbonyl (C=O) groups is 2. The first-order valence-corrected chi connectivity index (χ1v) is 8.66. The SMILES string of the molecule is CCC(=O)NC[C@H]1CN(c2ccc(-c3nnc4ncccn34)cc2)C(=O)O1. The van der Waals surface area contributed by atoms with E-state index in [1.54, 1.807) is 22.4 Å². The van der Waals surface area contributed by atoms with Crippen molar-refractivity contribution < 1.29 is 14.3 Å². The number of nitrogens with one attached hydrogen (secondary N) is 1. The van der Waals surface area contributed by atoms with Crippen LogP contribution in [0.4, 0.5) is 10.5 Å². The van der Waals surface area contributed by atoms with Crippen molar-refractivity contribution in [2.75, 3.05) is 18.0 Å². The Balaban J connectivity index is 1.49. The van der Waals surface area contributed by atoms with Gasteiger partial charge in [-0.05, 0) is 30.3 Å². The second-order valence-electron chi connectivity index (χ2n) is 6.13. The summed E-state index contributed by atoms with van der Waals surface area (Å²) in [5.74, 6) is 1.13. The Morgan fingerprint density at radius 1 is 1.30 bits per heavy atom. The summed E-state index contributed by atoms with van der Waals surface area (Å²) in [7, 11) is 0. The van der Waals surface area contributed by atoms with E-state index in [-0.39, 0.29) is 12.0 Å². The van der Waals surface area contributed by atoms with Crippen LogP contribution in [0.1, 0.15) is 13.3 Å². The van der Waals surface area contributed by atoms with Crippen LogP contribution in [0.3, 0.4) is 0 Å². The molecular formula is C18H18N6O3. The van der Waals surface area contributed by atoms with E-state index >= 15 is 0 Å². The van der Waals surface area contributed by atoms with Crippen molar-refractivity contribution in [3.63, 3.8) is 0 Å². The average molecular weight is 366 g/mol. The maximum atomic E-state index is 12.1. The van der Waals surface area contributed by atoms with Gasteiger partial charge >= 0.3 is 6.09 Å². The monoisotopic (exact) mass is 366 g/mol. The molecule has 1 atom stereocenters. The van der Waals surface area contributed by atoms with Gasteiger partial charge in [0.1, 0.15) is 6.10 Å². The lowest BCUT2D eigenvalue weighted by molar-refractivity contribution is -0.121. The van der Waals surface area contributed by atoms with Gasteiger partial charge in [0.05, 0.1) is 13.1 Å². The number of benzene rings is 1. The van der Waals surface area contributed by atoms with Crippen molar-refractivity contribution in [2.45, 2.75) is 19.4 Å². The number of hydrogen-bond donors (Lipinski definition) is 1. The number of nitrogens with zero attached hydrogens (tertiary/aromatic N) is 5. The van der Waals surface area contributed by atoms with E-state index in [0.29, 0.717) is 31.1 Å². The van der Waals surface area contributed by atoms with Crippen LogP contribution in [0.15, 0.2) is 42.7 Å². The van der Waals surface area contributed by atoms with Gasteiger partial charge in [0.2, 0.25) is 5.91 Å². The average Bonchev–Trinajstić information content (AvgIpc) is 3.29. The molecule has 0 aliphatic carbocycles. The van der Waals surface area contributed by atoms with Crippen LogP contribution >= 0.6 is 0 Å². The van der Waals surface area contributed by atoms with Crippen LogP contribution in [0.25, 0.3) is 17.2 Å². The zero-order valence-corrected chi connectivity index (χ0v) is 14.7. The van der Waals surface area contributed by atoms with Crippen molar-refractivity contribution in [1.82, 2.24) is 24.9 Å². The van der Waals surface area contributed by atoms with E-state index < -0.39 is 6.09 Å². The molecule has 0 saturated carbocycles. The van der Waals surface area contributed by atoms with Crippen molar-refractivity contribution in [3.8, 4) is 11.4 Å². The molecule has 0 unspecified atom stereocenters. The molecule has 1 aliphatic rings. The number of hydrogen-bond acceptors (Lipinski definition) is 6. The molecule has 1 aliphatic heterocycles. The minimum atomic E-state index is -0.421. The van der Waals surface area contributed by atoms with Gasteiger partial charge in [-0.15, -0.1) is 10.2 Å². The molecule has 9 nitrogen and oxygen atoms in total. The fraction of sp³-hybridized carbons (Fsp3) is 0.278. The smallest absolute Gasteiger partial charge is 0.414 e. The number of ether oxygens (including phenoxy) is 1. The van der Waals surface area contributed by atoms with Gasteiger partial charge in [0, 0.05) is 30.1 Å². The second kappa shape index (κ2) is 7.02. The largest absolute Gasteiger partial charge is 0.442 e. The number of carbonyl (C=O) groups excluding carboxylic acids is 2. The van der Waals surface area contributed by atoms with E-state index in [1.165, 1.54) is 0 Å². The molecule has 0 spiro atoms. The summed E-state index contributed by atoms with van der Waals surface area (Å²) in [6.07, 6.45) is 3.13. The van der Waals surface area contributed by atoms with E-state index in [2.05, 4.69) is 20.5 Å². The molecule has 0 radical (unpaired) electrons. The van der Waals surface area contributed by atoms with Crippen molar-refractivity contribution in [1.29, 1.82) is 0 Å². The van der Waals surface area contributed by atoms with Gasteiger partial charge in [-0.3, -0.25) is 14.1 Å². The van der Waals surface area contributed by atoms with Crippen LogP contribution in [0.5, 0.6) is 0 Å². The molecule has 1 fully saturated rings. The molecule has 4 rings (SSSR count). The second-order valence-corrected chi connectivity index (χ2v) is 6.13. The van der Waals surface area contributed by atoms with Crippen LogP contribution in [0, 0.1) is 0 Å². The van der Waals surface area contributed by atoms with Gasteiger partial charge < -0.3 is 10.1 Å². The first-order chi connectivity index (χ1) is 13.2. The van der Waals surface area contributed by atoms with Gasteiger partial charge in [-0.2, -0.15) is 0 Å². The normalized spacial score (nSPS) is 16.6. The lowest BCUT2D eigenvalue weighted by Crippen LogP contribution is -2.34. The Hall–Kier alpha value is -3.49. The number of rotatable bonds is 5. The standard InChI is InChI=1S/C18H18N6O3/c1-2-15(25)20-10-14-11-24(18(26)27-14)13-6-4-12(5-7-13)16-21-22-17-19-8-3-9-23(16)17/h3-9,14H,2,10-11H2,1H3,(H,20,25)/t14-/m0/s1. The van der Waals surface area contributed by atoms with Crippen LogP contribution in [-0.2, 0) is 9.53 Å². The molecule has 1 aromatic carbocycles. The molecule has 1 saturated heterocycles. The number of cyclic esters (lactones) is 1. The van der Waals surface area contributed by atoms with Gasteiger partial charge in [-0.1, -0.05) is 6.92 Å². The molecular weight excluding hydrogens is 348 g/mol. The minimum absolute atomic E-state index is 0.0659. The Kier molecular flexibility index (Phi) is 4.41. The van der Waals surface area contributed by atoms with E-state index in [0.717, 1.165) is 11.3 Å². The van der Waals surface area contributed by atoms with Crippen molar-refractivity contribution >= 4 is 23.5 Å². The molecule has 27 heavy (non-hydrogen) atoms. The first-order valence-electron chi connectivity index (χ1n) is 8.66. The summed E-state index contributed by atoms with van der Waals surface area (Å²) < 4.78 is 7.12. The van der Waals surface area contributed by atoms with E-state index in [1.807, 2.05) is 36.5 Å². The molecule has 1 N–H and O–H groups in total. The van der Waals surface area contributed by atoms with Crippen molar-refractivity contribution in [2.24, 2.45) is 0 Å². The predicted octanol–water partition coefficient (Wildman–Crippen LogP) is 1.64. The van der Waals surface area contributed by atoms with E-state index in [4.69, 9.17) is 4.74 Å². The molecule has 2 aromatic heterocycles. The summed E-state index contributed by atoms with van der Waals surface area (Å²) in [6, 6.07) is 9.23. The third kappa shape index (κ3) is 3.31. The predicted molar refractivity (Wildman–Crippen MR) is 97.1 cm³/mol. The topological polar surface area (TPSA) is 102 Å². The molecule has 138 valence electrons. The summed E-state index contributed by atoms with van der Waals surface area (Å²) in [5, 5.41) is 11.0. The zero-order valence-electron chi connectivity index (χ0n) is 14.7. The maximum Gasteiger partial charge on any atom is 0.414 e. The fourth-order valence-corrected chi connectivity index (χ4v) is 2.92. The molecule has 3 heterocycles. The van der Waals surface area contributed by atoms with Gasteiger partial charge in [-0.25, -0.2) is 9.78 Å². The Morgan fingerprint density at radius 2 is 2.11 bits per heavy atom. The highest BCUT2D eigenvalue weighted by molar-refractivity contribution is 5.90. The Morgan fingerprint density at radius 3 is 2.89 bits per heavy atom. The molecule has 2 amide bonds. The van der Waals surface area contributed by atoms with Crippen LogP contribution in [0.2, 0.25) is 0 Å². The van der Waals surface area contributed by atoms with Crippen molar-refractivity contribution in [3.05, 3.63) is 42.7 Å². The first kappa shape index (κ1) is 17.0. The van der Waals surface area contributed by atoms with E-state index in [9.17, 15) is 9.59 Å². The molecule has 0 bridgehead atoms. The van der Waals surface area contributed by atoms with Gasteiger partial charge in [0.25, 0.3) is 5.78 Å². The lowest BCUT2D eigenvalue weighted by Gasteiger charge is -2.13. The molecule has 9 heteroatoms. The Labute approximate surface area is 155 Å². The Bertz CT molecular complexity index is 984. The minimum Gasteiger partial charge on any atom is -0.442 e. The summed E-state index contributed by atoms with van der Waals surface area (Å²) in [5.41, 5.74) is 1.58. The summed E-state index contributed by atoms with van der Waals surface area (Å²) >= 11 is 0. The fourth-order valence-electron chi connectivity index (χ4n) is 2.92. The quantitative estimate of drug-likeness (QED) is 0.737. The summed E-state index contributed by atoms with van der Waals surface area (Å²) in [4.78, 5) is 29.2. The highest BCUT2D eigenvalue weighted by atomic mass is 16.6. The van der Waals surface area contributed by atoms with Crippen LogP contribution in [-0.4, -0.2) is 50.8 Å². The third-order valence-electron chi connectivity index (χ3n) is 4.35. The number of aromatic nitrogens is 4. The summed E-state index contributed by atoms with van der Waals surface area (Å²) in [6.45, 7) is 2.48. The maximum absolute atomic E-state index is 12.1. The lowest BCUT2D eigenvalue weighted by atomic mass is 10.2. The highest BCUT2D eigenvalue weighted by Crippen LogP contribution is 2.25. The number of fused-ring (bicyclic) bond motifs is 1. The highest BCUT2D eigenvalue weighted by Gasteiger charge is 2.32. The third-order valence-corrected chi connectivity index (χ3v) is 4.35. The van der Waals surface area contributed by atoms with Gasteiger partial charge in [0.15, 0.2) is 5.82 Å². The molecule has 3 aromatic rings. The van der Waals surface area contributed by atoms with Crippen LogP contribution < -0.4 is 10.2 Å².